The third kappa shape index (κ3) is 3.03. The second kappa shape index (κ2) is 5.25. The lowest BCUT2D eigenvalue weighted by Crippen LogP contribution is -2.35. The summed E-state index contributed by atoms with van der Waals surface area (Å²) < 4.78 is 0. The summed E-state index contributed by atoms with van der Waals surface area (Å²) in [7, 11) is 0. The fourth-order valence-electron chi connectivity index (χ4n) is 2.18. The average molecular weight is 239 g/mol. The number of hydrogen-bond donors (Lipinski definition) is 2. The van der Waals surface area contributed by atoms with E-state index in [0.29, 0.717) is 11.3 Å². The van der Waals surface area contributed by atoms with Crippen LogP contribution in [0, 0.1) is 5.41 Å². The van der Waals surface area contributed by atoms with Gasteiger partial charge in [-0.3, -0.25) is 0 Å². The van der Waals surface area contributed by atoms with Crippen molar-refractivity contribution >= 4 is 11.3 Å². The summed E-state index contributed by atoms with van der Waals surface area (Å²) in [5.41, 5.74) is 0.447. The summed E-state index contributed by atoms with van der Waals surface area (Å²) in [5, 5.41) is 10.3. The van der Waals surface area contributed by atoms with Gasteiger partial charge in [-0.25, -0.2) is 4.98 Å². The van der Waals surface area contributed by atoms with Crippen molar-refractivity contribution in [2.45, 2.75) is 26.2 Å². The molecule has 2 unspecified atom stereocenters. The Labute approximate surface area is 102 Å². The van der Waals surface area contributed by atoms with E-state index in [2.05, 4.69) is 29.5 Å². The van der Waals surface area contributed by atoms with Crippen molar-refractivity contribution in [3.63, 3.8) is 0 Å². The standard InChI is InChI=1S/C12H21N3S/c1-10(11-15-5-6-16-11)7-14-9-12(2)3-4-13-8-12/h5-6,10,13-14H,3-4,7-9H2,1-2H3. The molecule has 3 nitrogen and oxygen atoms in total. The third-order valence-electron chi connectivity index (χ3n) is 3.33. The molecule has 2 heterocycles. The predicted octanol–water partition coefficient (Wildman–Crippen LogP) is 1.84. The zero-order valence-electron chi connectivity index (χ0n) is 10.1. The maximum Gasteiger partial charge on any atom is 0.0965 e. The Morgan fingerprint density at radius 1 is 1.69 bits per heavy atom. The minimum Gasteiger partial charge on any atom is -0.316 e. The number of rotatable bonds is 5. The van der Waals surface area contributed by atoms with Gasteiger partial charge in [0, 0.05) is 37.1 Å². The first-order valence-corrected chi connectivity index (χ1v) is 6.88. The van der Waals surface area contributed by atoms with Crippen molar-refractivity contribution in [3.05, 3.63) is 16.6 Å². The molecule has 16 heavy (non-hydrogen) atoms. The van der Waals surface area contributed by atoms with Gasteiger partial charge in [-0.2, -0.15) is 0 Å². The highest BCUT2D eigenvalue weighted by molar-refractivity contribution is 7.09. The van der Waals surface area contributed by atoms with Crippen LogP contribution in [0.5, 0.6) is 0 Å². The van der Waals surface area contributed by atoms with Gasteiger partial charge in [0.2, 0.25) is 0 Å². The molecule has 1 fully saturated rings. The van der Waals surface area contributed by atoms with Crippen LogP contribution < -0.4 is 10.6 Å². The van der Waals surface area contributed by atoms with Crippen LogP contribution in [0.2, 0.25) is 0 Å². The highest BCUT2D eigenvalue weighted by Gasteiger charge is 2.27. The first-order valence-electron chi connectivity index (χ1n) is 6.00. The van der Waals surface area contributed by atoms with Crippen LogP contribution in [0.3, 0.4) is 0 Å². The van der Waals surface area contributed by atoms with E-state index in [1.54, 1.807) is 11.3 Å². The van der Waals surface area contributed by atoms with Crippen LogP contribution in [0.1, 0.15) is 31.2 Å². The Morgan fingerprint density at radius 2 is 2.56 bits per heavy atom. The highest BCUT2D eigenvalue weighted by atomic mass is 32.1. The molecule has 0 spiro atoms. The van der Waals surface area contributed by atoms with Crippen LogP contribution in [0.25, 0.3) is 0 Å². The van der Waals surface area contributed by atoms with Crippen molar-refractivity contribution < 1.29 is 0 Å². The summed E-state index contributed by atoms with van der Waals surface area (Å²) in [6, 6.07) is 0. The van der Waals surface area contributed by atoms with Gasteiger partial charge in [0.05, 0.1) is 5.01 Å². The Balaban J connectivity index is 1.72. The molecular formula is C12H21N3S. The zero-order valence-corrected chi connectivity index (χ0v) is 10.9. The van der Waals surface area contributed by atoms with E-state index in [-0.39, 0.29) is 0 Å². The van der Waals surface area contributed by atoms with Gasteiger partial charge in [-0.15, -0.1) is 11.3 Å². The lowest BCUT2D eigenvalue weighted by Gasteiger charge is -2.23. The number of hydrogen-bond acceptors (Lipinski definition) is 4. The maximum absolute atomic E-state index is 4.35. The molecule has 2 atom stereocenters. The molecule has 1 aromatic rings. The molecule has 90 valence electrons. The number of nitrogens with one attached hydrogen (secondary N) is 2. The van der Waals surface area contributed by atoms with Crippen LogP contribution in [0.15, 0.2) is 11.6 Å². The van der Waals surface area contributed by atoms with Gasteiger partial charge in [0.1, 0.15) is 0 Å². The molecule has 1 saturated heterocycles. The number of nitrogens with zero attached hydrogens (tertiary/aromatic N) is 1. The third-order valence-corrected chi connectivity index (χ3v) is 4.34. The largest absolute Gasteiger partial charge is 0.316 e. The molecule has 0 amide bonds. The molecule has 0 radical (unpaired) electrons. The SMILES string of the molecule is CC(CNCC1(C)CCNC1)c1nccs1. The van der Waals surface area contributed by atoms with E-state index in [0.717, 1.165) is 19.6 Å². The molecule has 0 bridgehead atoms. The quantitative estimate of drug-likeness (QED) is 0.823. The second-order valence-corrected chi connectivity index (χ2v) is 6.07. The van der Waals surface area contributed by atoms with Gasteiger partial charge in [-0.05, 0) is 18.4 Å². The van der Waals surface area contributed by atoms with Crippen LogP contribution in [-0.2, 0) is 0 Å². The Hall–Kier alpha value is -0.450. The molecule has 2 N–H and O–H groups in total. The molecule has 2 rings (SSSR count). The van der Waals surface area contributed by atoms with Crippen LogP contribution in [0.4, 0.5) is 0 Å². The molecule has 1 aliphatic rings. The number of aromatic nitrogens is 1. The van der Waals surface area contributed by atoms with E-state index in [1.165, 1.54) is 18.0 Å². The number of thiazole rings is 1. The van der Waals surface area contributed by atoms with Gasteiger partial charge < -0.3 is 10.6 Å². The molecule has 4 heteroatoms. The van der Waals surface area contributed by atoms with Crippen LogP contribution >= 0.6 is 11.3 Å². The summed E-state index contributed by atoms with van der Waals surface area (Å²) >= 11 is 1.75. The van der Waals surface area contributed by atoms with Crippen LogP contribution in [-0.4, -0.2) is 31.2 Å². The van der Waals surface area contributed by atoms with Gasteiger partial charge >= 0.3 is 0 Å². The molecule has 0 saturated carbocycles. The van der Waals surface area contributed by atoms with E-state index >= 15 is 0 Å². The maximum atomic E-state index is 4.35. The zero-order chi connectivity index (χ0) is 11.4. The van der Waals surface area contributed by atoms with Gasteiger partial charge in [-0.1, -0.05) is 13.8 Å². The van der Waals surface area contributed by atoms with Crippen molar-refractivity contribution in [2.75, 3.05) is 26.2 Å². The minimum atomic E-state index is 0.447. The summed E-state index contributed by atoms with van der Waals surface area (Å²) in [4.78, 5) is 4.35. The van der Waals surface area contributed by atoms with Crippen molar-refractivity contribution in [1.29, 1.82) is 0 Å². The average Bonchev–Trinajstić information content (AvgIpc) is 2.88. The monoisotopic (exact) mass is 239 g/mol. The smallest absolute Gasteiger partial charge is 0.0965 e. The summed E-state index contributed by atoms with van der Waals surface area (Å²) in [6.07, 6.45) is 3.17. The highest BCUT2D eigenvalue weighted by Crippen LogP contribution is 2.23. The van der Waals surface area contributed by atoms with E-state index in [4.69, 9.17) is 0 Å². The summed E-state index contributed by atoms with van der Waals surface area (Å²) in [6.45, 7) is 9.04. The Bertz CT molecular complexity index is 304. The normalized spacial score (nSPS) is 27.1. The first kappa shape index (κ1) is 12.0. The second-order valence-electron chi connectivity index (χ2n) is 5.14. The molecule has 0 aromatic carbocycles. The predicted molar refractivity (Wildman–Crippen MR) is 69.0 cm³/mol. The van der Waals surface area contributed by atoms with Gasteiger partial charge in [0.15, 0.2) is 0 Å². The fourth-order valence-corrected chi connectivity index (χ4v) is 2.87. The van der Waals surface area contributed by atoms with E-state index < -0.39 is 0 Å². The Morgan fingerprint density at radius 3 is 3.19 bits per heavy atom. The minimum absolute atomic E-state index is 0.447. The van der Waals surface area contributed by atoms with Crippen molar-refractivity contribution in [3.8, 4) is 0 Å². The van der Waals surface area contributed by atoms with Crippen molar-refractivity contribution in [2.24, 2.45) is 5.41 Å². The van der Waals surface area contributed by atoms with E-state index in [9.17, 15) is 0 Å². The molecule has 1 aromatic heterocycles. The molecule has 0 aliphatic carbocycles. The molecular weight excluding hydrogens is 218 g/mol. The first-order chi connectivity index (χ1) is 7.70. The van der Waals surface area contributed by atoms with E-state index in [1.807, 2.05) is 11.6 Å². The summed E-state index contributed by atoms with van der Waals surface area (Å²) in [5.74, 6) is 0.526. The lowest BCUT2D eigenvalue weighted by molar-refractivity contribution is 0.337. The lowest BCUT2D eigenvalue weighted by atomic mass is 9.90. The van der Waals surface area contributed by atoms with Crippen molar-refractivity contribution in [1.82, 2.24) is 15.6 Å². The van der Waals surface area contributed by atoms with Gasteiger partial charge in [0.25, 0.3) is 0 Å². The molecule has 1 aliphatic heterocycles. The topological polar surface area (TPSA) is 37.0 Å². The Kier molecular flexibility index (Phi) is 3.95. The fraction of sp³-hybridized carbons (Fsp3) is 0.750.